The highest BCUT2D eigenvalue weighted by atomic mass is 32.2. The zero-order chi connectivity index (χ0) is 18.9. The van der Waals surface area contributed by atoms with Gasteiger partial charge in [-0.2, -0.15) is 0 Å². The van der Waals surface area contributed by atoms with Crippen LogP contribution in [0.3, 0.4) is 0 Å². The Bertz CT molecular complexity index is 1050. The summed E-state index contributed by atoms with van der Waals surface area (Å²) in [7, 11) is -1.17. The molecule has 0 amide bonds. The molecule has 0 fully saturated rings. The molecule has 2 aromatic carbocycles. The van der Waals surface area contributed by atoms with Crippen LogP contribution in [0, 0.1) is 10.1 Å². The average molecular weight is 376 g/mol. The summed E-state index contributed by atoms with van der Waals surface area (Å²) in [5, 5.41) is 12.2. The predicted molar refractivity (Wildman–Crippen MR) is 94.4 cm³/mol. The molecule has 26 heavy (non-hydrogen) atoms. The van der Waals surface area contributed by atoms with Crippen molar-refractivity contribution in [2.75, 3.05) is 14.2 Å². The average Bonchev–Trinajstić information content (AvgIpc) is 3.03. The number of aromatic nitrogens is 1. The number of nitrogens with zero attached hydrogens (tertiary/aromatic N) is 2. The summed E-state index contributed by atoms with van der Waals surface area (Å²) in [5.74, 6) is 0. The minimum Gasteiger partial charge on any atom is -0.350 e. The van der Waals surface area contributed by atoms with Crippen LogP contribution in [0.15, 0.2) is 59.6 Å². The Labute approximate surface area is 149 Å². The fourth-order valence-corrected chi connectivity index (χ4v) is 4.16. The molecule has 0 atom stereocenters. The van der Waals surface area contributed by atoms with Gasteiger partial charge in [0.15, 0.2) is 6.29 Å². The van der Waals surface area contributed by atoms with E-state index in [1.165, 1.54) is 32.5 Å². The molecule has 0 spiro atoms. The van der Waals surface area contributed by atoms with Crippen LogP contribution in [0.5, 0.6) is 0 Å². The van der Waals surface area contributed by atoms with E-state index in [0.29, 0.717) is 16.5 Å². The van der Waals surface area contributed by atoms with Gasteiger partial charge in [0.2, 0.25) is 0 Å². The van der Waals surface area contributed by atoms with Gasteiger partial charge in [-0.1, -0.05) is 24.3 Å². The Balaban J connectivity index is 2.22. The molecule has 9 heteroatoms. The van der Waals surface area contributed by atoms with Crippen LogP contribution < -0.4 is 0 Å². The molecule has 0 radical (unpaired) electrons. The van der Waals surface area contributed by atoms with Gasteiger partial charge in [0.05, 0.1) is 15.5 Å². The summed E-state index contributed by atoms with van der Waals surface area (Å²) >= 11 is 0. The van der Waals surface area contributed by atoms with Crippen LogP contribution in [0.1, 0.15) is 12.0 Å². The quantitative estimate of drug-likeness (QED) is 0.372. The lowest BCUT2D eigenvalue weighted by Crippen LogP contribution is -2.18. The van der Waals surface area contributed by atoms with E-state index >= 15 is 0 Å². The molecular formula is C17H16N2O6S. The third-order valence-corrected chi connectivity index (χ3v) is 5.67. The van der Waals surface area contributed by atoms with Crippen LogP contribution in [-0.2, 0) is 19.5 Å². The summed E-state index contributed by atoms with van der Waals surface area (Å²) in [6.45, 7) is 0. The maximum atomic E-state index is 13.1. The summed E-state index contributed by atoms with van der Waals surface area (Å²) in [6, 6.07) is 11.9. The third-order valence-electron chi connectivity index (χ3n) is 3.99. The van der Waals surface area contributed by atoms with E-state index in [4.69, 9.17) is 9.47 Å². The van der Waals surface area contributed by atoms with Gasteiger partial charge in [0.25, 0.3) is 15.7 Å². The first-order valence-corrected chi connectivity index (χ1v) is 8.99. The van der Waals surface area contributed by atoms with Crippen molar-refractivity contribution in [3.05, 3.63) is 70.5 Å². The Morgan fingerprint density at radius 2 is 1.65 bits per heavy atom. The summed E-state index contributed by atoms with van der Waals surface area (Å²) in [6.07, 6.45) is 0.578. The van der Waals surface area contributed by atoms with Crippen molar-refractivity contribution >= 4 is 26.5 Å². The van der Waals surface area contributed by atoms with Gasteiger partial charge >= 0.3 is 0 Å². The number of non-ortho nitro benzene ring substituents is 1. The number of nitro groups is 1. The molecule has 136 valence electrons. The molecule has 1 aromatic heterocycles. The monoisotopic (exact) mass is 376 g/mol. The highest BCUT2D eigenvalue weighted by Crippen LogP contribution is 2.32. The molecule has 3 rings (SSSR count). The van der Waals surface area contributed by atoms with Crippen molar-refractivity contribution in [1.82, 2.24) is 3.97 Å². The van der Waals surface area contributed by atoms with E-state index < -0.39 is 21.2 Å². The number of benzene rings is 2. The summed E-state index contributed by atoms with van der Waals surface area (Å²) in [4.78, 5) is 10.1. The number of nitro benzene ring substituents is 1. The molecule has 0 aliphatic carbocycles. The summed E-state index contributed by atoms with van der Waals surface area (Å²) in [5.41, 5.74) is 0.137. The van der Waals surface area contributed by atoms with Crippen molar-refractivity contribution in [2.24, 2.45) is 0 Å². The molecular weight excluding hydrogens is 360 g/mol. The number of hydrogen-bond acceptors (Lipinski definition) is 6. The second kappa shape index (κ2) is 6.87. The number of rotatable bonds is 6. The van der Waals surface area contributed by atoms with Gasteiger partial charge in [-0.25, -0.2) is 12.4 Å². The number of methoxy groups -OCH3 is 2. The standard InChI is InChI=1S/C17H16N2O6S/c1-24-17(25-2)16-15-6-4-3-5-12(15)11-18(16)26(22,23)14-9-7-13(8-10-14)19(20)21/h3-11,17H,1-2H3. The smallest absolute Gasteiger partial charge is 0.269 e. The first-order chi connectivity index (χ1) is 12.4. The van der Waals surface area contributed by atoms with Crippen molar-refractivity contribution < 1.29 is 22.8 Å². The van der Waals surface area contributed by atoms with Gasteiger partial charge < -0.3 is 9.47 Å². The van der Waals surface area contributed by atoms with E-state index in [-0.39, 0.29) is 10.6 Å². The van der Waals surface area contributed by atoms with Gasteiger partial charge in [0, 0.05) is 43.3 Å². The van der Waals surface area contributed by atoms with Crippen LogP contribution in [0.25, 0.3) is 10.8 Å². The number of hydrogen-bond donors (Lipinski definition) is 0. The van der Waals surface area contributed by atoms with Crippen molar-refractivity contribution in [3.8, 4) is 0 Å². The molecule has 1 heterocycles. The lowest BCUT2D eigenvalue weighted by Gasteiger charge is -2.17. The van der Waals surface area contributed by atoms with Crippen molar-refractivity contribution in [3.63, 3.8) is 0 Å². The first-order valence-electron chi connectivity index (χ1n) is 7.55. The second-order valence-electron chi connectivity index (χ2n) is 5.46. The molecule has 0 saturated carbocycles. The van der Waals surface area contributed by atoms with Gasteiger partial charge in [0.1, 0.15) is 0 Å². The first kappa shape index (κ1) is 18.1. The fourth-order valence-electron chi connectivity index (χ4n) is 2.76. The normalized spacial score (nSPS) is 12.0. The summed E-state index contributed by atoms with van der Waals surface area (Å²) < 4.78 is 37.9. The molecule has 3 aromatic rings. The van der Waals surface area contributed by atoms with Crippen molar-refractivity contribution in [1.29, 1.82) is 0 Å². The molecule has 0 N–H and O–H groups in total. The lowest BCUT2D eigenvalue weighted by molar-refractivity contribution is -0.384. The maximum absolute atomic E-state index is 13.1. The maximum Gasteiger partial charge on any atom is 0.269 e. The Kier molecular flexibility index (Phi) is 4.77. The van der Waals surface area contributed by atoms with E-state index in [9.17, 15) is 18.5 Å². The topological polar surface area (TPSA) is 101 Å². The van der Waals surface area contributed by atoms with Gasteiger partial charge in [-0.05, 0) is 12.1 Å². The Morgan fingerprint density at radius 3 is 2.23 bits per heavy atom. The largest absolute Gasteiger partial charge is 0.350 e. The lowest BCUT2D eigenvalue weighted by atomic mass is 10.2. The minimum absolute atomic E-state index is 0.0735. The predicted octanol–water partition coefficient (Wildman–Crippen LogP) is 3.08. The van der Waals surface area contributed by atoms with Crippen LogP contribution in [0.4, 0.5) is 5.69 Å². The van der Waals surface area contributed by atoms with Crippen LogP contribution in [0.2, 0.25) is 0 Å². The molecule has 0 saturated heterocycles. The van der Waals surface area contributed by atoms with Crippen molar-refractivity contribution in [2.45, 2.75) is 11.2 Å². The van der Waals surface area contributed by atoms with E-state index in [0.717, 1.165) is 16.1 Å². The molecule has 0 unspecified atom stereocenters. The Hall–Kier alpha value is -2.75. The van der Waals surface area contributed by atoms with E-state index in [1.54, 1.807) is 24.3 Å². The highest BCUT2D eigenvalue weighted by Gasteiger charge is 2.27. The van der Waals surface area contributed by atoms with Crippen LogP contribution in [-0.4, -0.2) is 31.5 Å². The molecule has 0 aliphatic heterocycles. The zero-order valence-corrected chi connectivity index (χ0v) is 14.8. The third kappa shape index (κ3) is 2.96. The van der Waals surface area contributed by atoms with E-state index in [1.807, 2.05) is 0 Å². The SMILES string of the molecule is COC(OC)c1c2ccccc2cn1S(=O)(=O)c1ccc([N+](=O)[O-])cc1. The zero-order valence-electron chi connectivity index (χ0n) is 14.0. The minimum atomic E-state index is -4.01. The number of ether oxygens (including phenoxy) is 2. The fraction of sp³-hybridized carbons (Fsp3) is 0.176. The number of fused-ring (bicyclic) bond motifs is 1. The Morgan fingerprint density at radius 1 is 1.04 bits per heavy atom. The highest BCUT2D eigenvalue weighted by molar-refractivity contribution is 7.90. The molecule has 0 bridgehead atoms. The second-order valence-corrected chi connectivity index (χ2v) is 7.27. The molecule has 8 nitrogen and oxygen atoms in total. The van der Waals surface area contributed by atoms with E-state index in [2.05, 4.69) is 0 Å². The van der Waals surface area contributed by atoms with Gasteiger partial charge in [-0.15, -0.1) is 0 Å². The molecule has 0 aliphatic rings. The van der Waals surface area contributed by atoms with Gasteiger partial charge in [-0.3, -0.25) is 10.1 Å². The van der Waals surface area contributed by atoms with Crippen LogP contribution >= 0.6 is 0 Å².